The van der Waals surface area contributed by atoms with E-state index >= 15 is 0 Å². The van der Waals surface area contributed by atoms with E-state index in [9.17, 15) is 24.4 Å². The van der Waals surface area contributed by atoms with E-state index in [2.05, 4.69) is 0 Å². The minimum atomic E-state index is -1.19. The number of benzene rings is 1. The van der Waals surface area contributed by atoms with Crippen LogP contribution in [0, 0.1) is 5.92 Å². The van der Waals surface area contributed by atoms with Crippen LogP contribution in [0.4, 0.5) is 9.59 Å². The molecular formula is C24H32N4O7. The molecule has 0 aromatic heterocycles. The normalized spacial score (nSPS) is 26.4. The summed E-state index contributed by atoms with van der Waals surface area (Å²) in [6.07, 6.45) is 0.374. The van der Waals surface area contributed by atoms with Crippen molar-refractivity contribution in [2.24, 2.45) is 5.92 Å². The van der Waals surface area contributed by atoms with Gasteiger partial charge in [-0.25, -0.2) is 15.1 Å². The second-order valence-electron chi connectivity index (χ2n) is 9.27. The number of piperidine rings is 1. The quantitative estimate of drug-likeness (QED) is 0.486. The smallest absolute Gasteiger partial charge is 0.410 e. The van der Waals surface area contributed by atoms with E-state index in [0.717, 1.165) is 29.7 Å². The van der Waals surface area contributed by atoms with Gasteiger partial charge in [-0.15, -0.1) is 0 Å². The Morgan fingerprint density at radius 3 is 2.34 bits per heavy atom. The van der Waals surface area contributed by atoms with Crippen LogP contribution in [0.25, 0.3) is 0 Å². The molecule has 11 nitrogen and oxygen atoms in total. The highest BCUT2D eigenvalue weighted by molar-refractivity contribution is 5.93. The van der Waals surface area contributed by atoms with Crippen molar-refractivity contribution in [3.8, 4) is 0 Å². The topological polar surface area (TPSA) is 129 Å². The van der Waals surface area contributed by atoms with Gasteiger partial charge in [0.25, 0.3) is 0 Å². The molecular weight excluding hydrogens is 456 g/mol. The van der Waals surface area contributed by atoms with Crippen molar-refractivity contribution in [1.29, 1.82) is 0 Å². The average Bonchev–Trinajstić information content (AvgIpc) is 3.60. The van der Waals surface area contributed by atoms with Crippen LogP contribution in [-0.2, 0) is 19.1 Å². The second-order valence-corrected chi connectivity index (χ2v) is 9.27. The number of carbonyl (C=O) groups is 4. The lowest BCUT2D eigenvalue weighted by molar-refractivity contribution is -0.151. The Bertz CT molecular complexity index is 911. The van der Waals surface area contributed by atoms with Gasteiger partial charge < -0.3 is 19.3 Å². The molecule has 4 atom stereocenters. The van der Waals surface area contributed by atoms with Crippen molar-refractivity contribution in [3.63, 3.8) is 0 Å². The number of likely N-dealkylation sites (tertiary alicyclic amines) is 3. The van der Waals surface area contributed by atoms with Crippen LogP contribution in [0.5, 0.6) is 0 Å². The summed E-state index contributed by atoms with van der Waals surface area (Å²) >= 11 is 0. The van der Waals surface area contributed by atoms with Crippen molar-refractivity contribution in [2.45, 2.75) is 43.7 Å². The summed E-state index contributed by atoms with van der Waals surface area (Å²) < 4.78 is 10.5. The zero-order valence-corrected chi connectivity index (χ0v) is 19.8. The Morgan fingerprint density at radius 2 is 1.69 bits per heavy atom. The first-order valence-electron chi connectivity index (χ1n) is 12.0. The maximum Gasteiger partial charge on any atom is 0.410 e. The SMILES string of the molecule is COC(=O)N1C[C@@H](OC(=O)N2CCCC2)C[C@H](C(=O)NO)[C@H]1C(=O)N1CCC(c2ccccc2)C1. The molecule has 1 aromatic carbocycles. The Morgan fingerprint density at radius 1 is 0.971 bits per heavy atom. The standard InChI is InChI=1S/C24H32N4O7/c1-34-24(32)28-15-18(35-23(31)26-10-5-6-11-26)13-19(21(29)25-33)20(28)22(30)27-12-9-17(14-27)16-7-3-2-4-8-16/h2-4,7-8,17-20,33H,5-6,9-15H2,1H3,(H,25,29)/t17?,18-,19-,20-/m0/s1. The van der Waals surface area contributed by atoms with Gasteiger partial charge in [-0.3, -0.25) is 19.7 Å². The predicted molar refractivity (Wildman–Crippen MR) is 122 cm³/mol. The first-order valence-corrected chi connectivity index (χ1v) is 12.0. The summed E-state index contributed by atoms with van der Waals surface area (Å²) in [6, 6.07) is 8.67. The Hall–Kier alpha value is -3.34. The number of ether oxygens (including phenoxy) is 2. The summed E-state index contributed by atoms with van der Waals surface area (Å²) in [6.45, 7) is 2.02. The van der Waals surface area contributed by atoms with Crippen LogP contribution >= 0.6 is 0 Å². The molecule has 3 saturated heterocycles. The minimum Gasteiger partial charge on any atom is -0.453 e. The van der Waals surface area contributed by atoms with Gasteiger partial charge in [-0.2, -0.15) is 0 Å². The minimum absolute atomic E-state index is 0.00811. The van der Waals surface area contributed by atoms with Crippen LogP contribution in [0.15, 0.2) is 30.3 Å². The third-order valence-electron chi connectivity index (χ3n) is 7.15. The molecule has 35 heavy (non-hydrogen) atoms. The number of amides is 4. The molecule has 4 rings (SSSR count). The van der Waals surface area contributed by atoms with Crippen LogP contribution in [0.1, 0.15) is 37.2 Å². The number of nitrogens with zero attached hydrogens (tertiary/aromatic N) is 3. The highest BCUT2D eigenvalue weighted by Crippen LogP contribution is 2.32. The van der Waals surface area contributed by atoms with E-state index in [1.807, 2.05) is 30.3 Å². The lowest BCUT2D eigenvalue weighted by Gasteiger charge is -2.42. The van der Waals surface area contributed by atoms with Crippen LogP contribution in [-0.4, -0.2) is 95.9 Å². The van der Waals surface area contributed by atoms with Gasteiger partial charge in [0.2, 0.25) is 11.8 Å². The summed E-state index contributed by atoms with van der Waals surface area (Å²) in [7, 11) is 1.19. The number of hydrogen-bond donors (Lipinski definition) is 2. The van der Waals surface area contributed by atoms with E-state index < -0.39 is 42.1 Å². The molecule has 1 aromatic rings. The molecule has 3 heterocycles. The number of hydrogen-bond acceptors (Lipinski definition) is 7. The van der Waals surface area contributed by atoms with E-state index in [1.165, 1.54) is 7.11 Å². The first kappa shape index (κ1) is 24.8. The van der Waals surface area contributed by atoms with Crippen LogP contribution in [0.3, 0.4) is 0 Å². The van der Waals surface area contributed by atoms with Gasteiger partial charge in [0.1, 0.15) is 12.1 Å². The van der Waals surface area contributed by atoms with Crippen molar-refractivity contribution < 1.29 is 33.9 Å². The molecule has 0 aliphatic carbocycles. The fraction of sp³-hybridized carbons (Fsp3) is 0.583. The van der Waals surface area contributed by atoms with Crippen LogP contribution in [0.2, 0.25) is 0 Å². The number of methoxy groups -OCH3 is 1. The largest absolute Gasteiger partial charge is 0.453 e. The Balaban J connectivity index is 1.53. The summed E-state index contributed by atoms with van der Waals surface area (Å²) in [5.74, 6) is -2.19. The molecule has 3 fully saturated rings. The van der Waals surface area contributed by atoms with Crippen molar-refractivity contribution in [3.05, 3.63) is 35.9 Å². The van der Waals surface area contributed by atoms with Gasteiger partial charge in [0.15, 0.2) is 0 Å². The molecule has 0 saturated carbocycles. The number of hydroxylamine groups is 1. The van der Waals surface area contributed by atoms with Gasteiger partial charge >= 0.3 is 12.2 Å². The average molecular weight is 489 g/mol. The molecule has 2 N–H and O–H groups in total. The van der Waals surface area contributed by atoms with E-state index in [-0.39, 0.29) is 18.9 Å². The zero-order valence-electron chi connectivity index (χ0n) is 19.8. The Labute approximate surface area is 203 Å². The van der Waals surface area contributed by atoms with Gasteiger partial charge in [-0.05, 0) is 24.8 Å². The lowest BCUT2D eigenvalue weighted by Crippen LogP contribution is -2.63. The molecule has 190 valence electrons. The van der Waals surface area contributed by atoms with Gasteiger partial charge in [0, 0.05) is 38.5 Å². The molecule has 3 aliphatic heterocycles. The second kappa shape index (κ2) is 10.9. The fourth-order valence-corrected chi connectivity index (χ4v) is 5.33. The van der Waals surface area contributed by atoms with Crippen molar-refractivity contribution in [2.75, 3.05) is 39.8 Å². The third-order valence-corrected chi connectivity index (χ3v) is 7.15. The number of rotatable bonds is 4. The molecule has 11 heteroatoms. The lowest BCUT2D eigenvalue weighted by atomic mass is 9.86. The van der Waals surface area contributed by atoms with Gasteiger partial charge in [-0.1, -0.05) is 30.3 Å². The van der Waals surface area contributed by atoms with Crippen molar-refractivity contribution >= 4 is 24.0 Å². The maximum atomic E-state index is 13.7. The molecule has 4 amide bonds. The molecule has 0 spiro atoms. The van der Waals surface area contributed by atoms with Crippen LogP contribution < -0.4 is 5.48 Å². The molecule has 1 unspecified atom stereocenters. The van der Waals surface area contributed by atoms with E-state index in [1.54, 1.807) is 15.3 Å². The number of carbonyl (C=O) groups excluding carboxylic acids is 4. The first-order chi connectivity index (χ1) is 16.9. The predicted octanol–water partition coefficient (Wildman–Crippen LogP) is 1.57. The highest BCUT2D eigenvalue weighted by Gasteiger charge is 2.50. The summed E-state index contributed by atoms with van der Waals surface area (Å²) in [5.41, 5.74) is 2.73. The third kappa shape index (κ3) is 5.34. The number of nitrogens with one attached hydrogen (secondary N) is 1. The molecule has 3 aliphatic rings. The van der Waals surface area contributed by atoms with E-state index in [4.69, 9.17) is 9.47 Å². The zero-order chi connectivity index (χ0) is 24.9. The van der Waals surface area contributed by atoms with Gasteiger partial charge in [0.05, 0.1) is 19.6 Å². The van der Waals surface area contributed by atoms with E-state index in [0.29, 0.717) is 26.2 Å². The monoisotopic (exact) mass is 488 g/mol. The molecule has 0 radical (unpaired) electrons. The highest BCUT2D eigenvalue weighted by atomic mass is 16.6. The Kier molecular flexibility index (Phi) is 7.74. The summed E-state index contributed by atoms with van der Waals surface area (Å²) in [5, 5.41) is 9.39. The van der Waals surface area contributed by atoms with Crippen molar-refractivity contribution in [1.82, 2.24) is 20.2 Å². The maximum absolute atomic E-state index is 13.7. The summed E-state index contributed by atoms with van der Waals surface area (Å²) in [4.78, 5) is 56.0. The molecule has 0 bridgehead atoms. The fourth-order valence-electron chi connectivity index (χ4n) is 5.33.